The molecule has 1 amide bonds. The Labute approximate surface area is 155 Å². The maximum atomic E-state index is 12.7. The summed E-state index contributed by atoms with van der Waals surface area (Å²) in [5.74, 6) is -0.423. The lowest BCUT2D eigenvalue weighted by Gasteiger charge is -2.15. The molecule has 1 saturated heterocycles. The average Bonchev–Trinajstić information content (AvgIpc) is 2.83. The number of nitrogens with zero attached hydrogens (tertiary/aromatic N) is 1. The average molecular weight is 427 g/mol. The zero-order valence-corrected chi connectivity index (χ0v) is 14.9. The van der Waals surface area contributed by atoms with Gasteiger partial charge in [0.25, 0.3) is 5.91 Å². The Hall–Kier alpha value is -2.19. The van der Waals surface area contributed by atoms with Crippen molar-refractivity contribution >= 4 is 50.9 Å². The van der Waals surface area contributed by atoms with Crippen LogP contribution in [0.4, 0.5) is 18.9 Å². The van der Waals surface area contributed by atoms with Gasteiger partial charge in [-0.3, -0.25) is 9.69 Å². The molecular weight excluding hydrogens is 417 g/mol. The van der Waals surface area contributed by atoms with E-state index in [0.29, 0.717) is 0 Å². The van der Waals surface area contributed by atoms with Crippen LogP contribution >= 0.6 is 28.1 Å². The van der Waals surface area contributed by atoms with Crippen molar-refractivity contribution in [3.63, 3.8) is 0 Å². The minimum Gasteiger partial charge on any atom is -0.327 e. The van der Waals surface area contributed by atoms with Gasteiger partial charge in [-0.1, -0.05) is 28.1 Å². The number of thiocarbonyl (C=S) groups is 1. The lowest BCUT2D eigenvalue weighted by Crippen LogP contribution is -2.30. The van der Waals surface area contributed by atoms with Crippen LogP contribution < -0.4 is 10.2 Å². The normalized spacial score (nSPS) is 16.5. The van der Waals surface area contributed by atoms with Gasteiger partial charge in [-0.2, -0.15) is 13.2 Å². The molecule has 1 fully saturated rings. The number of rotatable bonds is 2. The van der Waals surface area contributed by atoms with Crippen molar-refractivity contribution in [2.45, 2.75) is 6.18 Å². The van der Waals surface area contributed by atoms with E-state index in [1.54, 1.807) is 6.08 Å². The molecule has 0 aromatic heterocycles. The Balaban J connectivity index is 1.87. The Bertz CT molecular complexity index is 861. The van der Waals surface area contributed by atoms with Gasteiger partial charge in [-0.05, 0) is 60.3 Å². The number of amides is 1. The van der Waals surface area contributed by atoms with E-state index in [-0.39, 0.29) is 16.5 Å². The smallest absolute Gasteiger partial charge is 0.327 e. The van der Waals surface area contributed by atoms with Crippen molar-refractivity contribution < 1.29 is 18.0 Å². The molecule has 2 aromatic carbocycles. The van der Waals surface area contributed by atoms with Crippen LogP contribution in [0.5, 0.6) is 0 Å². The third-order valence-corrected chi connectivity index (χ3v) is 4.33. The molecule has 0 aliphatic carbocycles. The van der Waals surface area contributed by atoms with E-state index < -0.39 is 17.6 Å². The van der Waals surface area contributed by atoms with Gasteiger partial charge in [0.15, 0.2) is 5.11 Å². The molecule has 0 spiro atoms. The molecule has 25 heavy (non-hydrogen) atoms. The van der Waals surface area contributed by atoms with Crippen molar-refractivity contribution in [2.75, 3.05) is 4.90 Å². The lowest BCUT2D eigenvalue weighted by atomic mass is 10.1. The van der Waals surface area contributed by atoms with E-state index >= 15 is 0 Å². The van der Waals surface area contributed by atoms with Crippen molar-refractivity contribution in [3.8, 4) is 0 Å². The summed E-state index contributed by atoms with van der Waals surface area (Å²) in [6.45, 7) is 0. The van der Waals surface area contributed by atoms with Crippen molar-refractivity contribution in [1.82, 2.24) is 5.32 Å². The van der Waals surface area contributed by atoms with Crippen LogP contribution in [0.15, 0.2) is 58.7 Å². The van der Waals surface area contributed by atoms with Crippen LogP contribution in [0.2, 0.25) is 0 Å². The Morgan fingerprint density at radius 3 is 2.20 bits per heavy atom. The van der Waals surface area contributed by atoms with Crippen LogP contribution in [0, 0.1) is 0 Å². The predicted octanol–water partition coefficient (Wildman–Crippen LogP) is 4.73. The van der Waals surface area contributed by atoms with E-state index in [2.05, 4.69) is 21.2 Å². The maximum absolute atomic E-state index is 12.7. The van der Waals surface area contributed by atoms with Crippen molar-refractivity contribution in [3.05, 3.63) is 69.8 Å². The van der Waals surface area contributed by atoms with Crippen molar-refractivity contribution in [2.24, 2.45) is 0 Å². The van der Waals surface area contributed by atoms with E-state index in [1.807, 2.05) is 24.3 Å². The number of anilines is 1. The van der Waals surface area contributed by atoms with Gasteiger partial charge in [0, 0.05) is 4.47 Å². The summed E-state index contributed by atoms with van der Waals surface area (Å²) >= 11 is 8.47. The fourth-order valence-corrected chi connectivity index (χ4v) is 2.86. The van der Waals surface area contributed by atoms with Gasteiger partial charge in [-0.15, -0.1) is 0 Å². The van der Waals surface area contributed by atoms with Crippen LogP contribution in [-0.4, -0.2) is 11.0 Å². The Kier molecular flexibility index (Phi) is 4.66. The monoisotopic (exact) mass is 426 g/mol. The first kappa shape index (κ1) is 17.6. The topological polar surface area (TPSA) is 32.3 Å². The maximum Gasteiger partial charge on any atom is 0.416 e. The Morgan fingerprint density at radius 1 is 1.04 bits per heavy atom. The summed E-state index contributed by atoms with van der Waals surface area (Å²) in [6, 6.07) is 11.6. The number of hydrogen-bond acceptors (Lipinski definition) is 2. The second-order valence-electron chi connectivity index (χ2n) is 5.22. The molecular formula is C17H10BrF3N2OS. The molecule has 128 valence electrons. The van der Waals surface area contributed by atoms with Gasteiger partial charge in [0.1, 0.15) is 5.70 Å². The number of halogens is 4. The number of hydrogen-bond donors (Lipinski definition) is 1. The highest BCUT2D eigenvalue weighted by molar-refractivity contribution is 9.10. The van der Waals surface area contributed by atoms with Gasteiger partial charge in [0.05, 0.1) is 11.3 Å². The second kappa shape index (κ2) is 6.61. The van der Waals surface area contributed by atoms with Crippen molar-refractivity contribution in [1.29, 1.82) is 0 Å². The second-order valence-corrected chi connectivity index (χ2v) is 6.53. The molecule has 3 rings (SSSR count). The highest BCUT2D eigenvalue weighted by Crippen LogP contribution is 2.31. The van der Waals surface area contributed by atoms with E-state index in [0.717, 1.165) is 22.2 Å². The molecule has 0 saturated carbocycles. The number of carbonyl (C=O) groups is 1. The first-order chi connectivity index (χ1) is 11.8. The quantitative estimate of drug-likeness (QED) is 0.556. The third kappa shape index (κ3) is 3.74. The zero-order valence-electron chi connectivity index (χ0n) is 12.5. The van der Waals surface area contributed by atoms with Gasteiger partial charge in [0.2, 0.25) is 0 Å². The number of benzene rings is 2. The molecule has 1 aliphatic rings. The lowest BCUT2D eigenvalue weighted by molar-refractivity contribution is -0.137. The summed E-state index contributed by atoms with van der Waals surface area (Å²) in [7, 11) is 0. The predicted molar refractivity (Wildman–Crippen MR) is 96.8 cm³/mol. The molecule has 2 aromatic rings. The molecule has 1 N–H and O–H groups in total. The minimum atomic E-state index is -4.43. The molecule has 0 unspecified atom stereocenters. The molecule has 8 heteroatoms. The summed E-state index contributed by atoms with van der Waals surface area (Å²) in [5.41, 5.74) is 0.533. The fourth-order valence-electron chi connectivity index (χ4n) is 2.29. The van der Waals surface area contributed by atoms with Crippen LogP contribution in [0.3, 0.4) is 0 Å². The molecule has 0 bridgehead atoms. The Morgan fingerprint density at radius 2 is 1.64 bits per heavy atom. The summed E-state index contributed by atoms with van der Waals surface area (Å²) in [6.07, 6.45) is -2.80. The number of carbonyl (C=O) groups excluding carboxylic acids is 1. The summed E-state index contributed by atoms with van der Waals surface area (Å²) in [4.78, 5) is 13.7. The highest BCUT2D eigenvalue weighted by Gasteiger charge is 2.34. The third-order valence-electron chi connectivity index (χ3n) is 3.51. The first-order valence-corrected chi connectivity index (χ1v) is 8.26. The van der Waals surface area contributed by atoms with Gasteiger partial charge >= 0.3 is 6.18 Å². The first-order valence-electron chi connectivity index (χ1n) is 7.06. The minimum absolute atomic E-state index is 0.119. The number of nitrogens with one attached hydrogen (secondary N) is 1. The molecule has 1 aliphatic heterocycles. The van der Waals surface area contributed by atoms with Crippen LogP contribution in [-0.2, 0) is 11.0 Å². The van der Waals surface area contributed by atoms with E-state index in [1.165, 1.54) is 17.0 Å². The standard InChI is InChI=1S/C17H10BrF3N2OS/c18-12-5-1-10(2-6-12)9-14-15(24)23(16(25)22-14)13-7-3-11(4-8-13)17(19,20)21/h1-9H,(H,22,25)/b14-9-. The van der Waals surface area contributed by atoms with E-state index in [9.17, 15) is 18.0 Å². The van der Waals surface area contributed by atoms with Crippen LogP contribution in [0.25, 0.3) is 6.08 Å². The molecule has 1 heterocycles. The van der Waals surface area contributed by atoms with Gasteiger partial charge in [-0.25, -0.2) is 0 Å². The summed E-state index contributed by atoms with van der Waals surface area (Å²) in [5, 5.41) is 2.91. The molecule has 0 atom stereocenters. The SMILES string of the molecule is O=C1/C(=C/c2ccc(Br)cc2)NC(=S)N1c1ccc(C(F)(F)F)cc1. The highest BCUT2D eigenvalue weighted by atomic mass is 79.9. The number of alkyl halides is 3. The largest absolute Gasteiger partial charge is 0.416 e. The van der Waals surface area contributed by atoms with E-state index in [4.69, 9.17) is 12.2 Å². The van der Waals surface area contributed by atoms with Gasteiger partial charge < -0.3 is 5.32 Å². The van der Waals surface area contributed by atoms with Crippen LogP contribution in [0.1, 0.15) is 11.1 Å². The fraction of sp³-hybridized carbons (Fsp3) is 0.0588. The molecule has 3 nitrogen and oxygen atoms in total. The molecule has 0 radical (unpaired) electrons. The summed E-state index contributed by atoms with van der Waals surface area (Å²) < 4.78 is 38.9. The zero-order chi connectivity index (χ0) is 18.2.